The van der Waals surface area contributed by atoms with Gasteiger partial charge in [0.2, 0.25) is 5.91 Å². The topological polar surface area (TPSA) is 77.8 Å². The highest BCUT2D eigenvalue weighted by molar-refractivity contribution is 5.85. The number of aliphatic hydroxyl groups is 1. The van der Waals surface area contributed by atoms with E-state index in [4.69, 9.17) is 5.11 Å². The number of rotatable bonds is 4. The van der Waals surface area contributed by atoms with Crippen molar-refractivity contribution in [1.82, 2.24) is 4.90 Å². The van der Waals surface area contributed by atoms with Gasteiger partial charge in [0.1, 0.15) is 0 Å². The Hall–Kier alpha value is -1.10. The number of aliphatic carboxylic acids is 1. The molecule has 0 aromatic heterocycles. The summed E-state index contributed by atoms with van der Waals surface area (Å²) in [4.78, 5) is 25.5. The molecule has 1 saturated carbocycles. The van der Waals surface area contributed by atoms with E-state index in [-0.39, 0.29) is 18.4 Å². The zero-order chi connectivity index (χ0) is 13.8. The number of amides is 1. The van der Waals surface area contributed by atoms with Gasteiger partial charge in [-0.25, -0.2) is 0 Å². The van der Waals surface area contributed by atoms with Crippen LogP contribution >= 0.6 is 0 Å². The first kappa shape index (κ1) is 14.3. The van der Waals surface area contributed by atoms with Crippen molar-refractivity contribution in [3.8, 4) is 0 Å². The number of hydrogen-bond acceptors (Lipinski definition) is 3. The maximum atomic E-state index is 12.5. The lowest BCUT2D eigenvalue weighted by Gasteiger charge is -2.31. The molecule has 5 heteroatoms. The summed E-state index contributed by atoms with van der Waals surface area (Å²) in [5.74, 6) is -1.27. The highest BCUT2D eigenvalue weighted by atomic mass is 16.4. The Bertz CT molecular complexity index is 344. The third kappa shape index (κ3) is 3.26. The van der Waals surface area contributed by atoms with Gasteiger partial charge in [-0.15, -0.1) is 0 Å². The number of carboxylic acid groups (broad SMARTS) is 1. The van der Waals surface area contributed by atoms with Crippen molar-refractivity contribution in [2.75, 3.05) is 19.7 Å². The molecule has 108 valence electrons. The van der Waals surface area contributed by atoms with Gasteiger partial charge in [-0.1, -0.05) is 12.8 Å². The van der Waals surface area contributed by atoms with Crippen LogP contribution in [0, 0.1) is 17.8 Å². The second kappa shape index (κ2) is 6.37. The number of carbonyl (C=O) groups excluding carboxylic acids is 1. The first-order valence-electron chi connectivity index (χ1n) is 7.26. The van der Waals surface area contributed by atoms with Crippen molar-refractivity contribution < 1.29 is 19.8 Å². The molecule has 0 spiro atoms. The van der Waals surface area contributed by atoms with Crippen LogP contribution in [0.25, 0.3) is 0 Å². The second-order valence-electron chi connectivity index (χ2n) is 5.79. The van der Waals surface area contributed by atoms with Crippen LogP contribution in [0.1, 0.15) is 38.5 Å². The molecule has 19 heavy (non-hydrogen) atoms. The molecule has 0 radical (unpaired) electrons. The zero-order valence-electron chi connectivity index (χ0n) is 11.3. The smallest absolute Gasteiger partial charge is 0.307 e. The first-order chi connectivity index (χ1) is 9.13. The van der Waals surface area contributed by atoms with Gasteiger partial charge in [0.25, 0.3) is 0 Å². The fourth-order valence-corrected chi connectivity index (χ4v) is 3.41. The van der Waals surface area contributed by atoms with Crippen LogP contribution in [0.3, 0.4) is 0 Å². The van der Waals surface area contributed by atoms with Gasteiger partial charge >= 0.3 is 5.97 Å². The number of likely N-dealkylation sites (tertiary alicyclic amines) is 1. The fourth-order valence-electron chi connectivity index (χ4n) is 3.41. The van der Waals surface area contributed by atoms with Gasteiger partial charge in [-0.2, -0.15) is 0 Å². The standard InChI is InChI=1S/C14H23NO4/c16-8-6-10-5-7-15(9-10)13(17)11-3-1-2-4-12(11)14(18)19/h10-12,16H,1-9H2,(H,18,19)/t10?,11-,12+/m1/s1. The SMILES string of the molecule is O=C(O)[C@H]1CCCC[C@H]1C(=O)N1CCC(CCO)C1. The number of carbonyl (C=O) groups is 2. The molecule has 1 heterocycles. The van der Waals surface area contributed by atoms with Gasteiger partial charge < -0.3 is 15.1 Å². The molecular weight excluding hydrogens is 246 g/mol. The summed E-state index contributed by atoms with van der Waals surface area (Å²) in [7, 11) is 0. The van der Waals surface area contributed by atoms with Crippen molar-refractivity contribution in [1.29, 1.82) is 0 Å². The Balaban J connectivity index is 1.96. The molecule has 2 fully saturated rings. The molecule has 1 unspecified atom stereocenters. The Morgan fingerprint density at radius 2 is 1.79 bits per heavy atom. The predicted octanol–water partition coefficient (Wildman–Crippen LogP) is 1.11. The van der Waals surface area contributed by atoms with E-state index in [0.717, 1.165) is 25.7 Å². The van der Waals surface area contributed by atoms with Gasteiger partial charge in [0.15, 0.2) is 0 Å². The molecule has 0 bridgehead atoms. The maximum Gasteiger partial charge on any atom is 0.307 e. The molecule has 2 N–H and O–H groups in total. The summed E-state index contributed by atoms with van der Waals surface area (Å²) in [5, 5.41) is 18.2. The molecule has 1 aliphatic heterocycles. The van der Waals surface area contributed by atoms with E-state index in [2.05, 4.69) is 0 Å². The Labute approximate surface area is 113 Å². The van der Waals surface area contributed by atoms with Gasteiger partial charge in [-0.05, 0) is 31.6 Å². The molecule has 0 aromatic rings. The Morgan fingerprint density at radius 1 is 1.11 bits per heavy atom. The normalized spacial score (nSPS) is 31.4. The molecular formula is C14H23NO4. The first-order valence-corrected chi connectivity index (χ1v) is 7.26. The highest BCUT2D eigenvalue weighted by Gasteiger charge is 2.39. The molecule has 2 aliphatic rings. The molecule has 1 amide bonds. The van der Waals surface area contributed by atoms with Crippen LogP contribution in [0.5, 0.6) is 0 Å². The zero-order valence-corrected chi connectivity index (χ0v) is 11.3. The largest absolute Gasteiger partial charge is 0.481 e. The van der Waals surface area contributed by atoms with E-state index in [9.17, 15) is 14.7 Å². The van der Waals surface area contributed by atoms with Crippen LogP contribution in [-0.4, -0.2) is 46.7 Å². The summed E-state index contributed by atoms with van der Waals surface area (Å²) < 4.78 is 0. The second-order valence-corrected chi connectivity index (χ2v) is 5.79. The third-order valence-corrected chi connectivity index (χ3v) is 4.54. The maximum absolute atomic E-state index is 12.5. The number of hydrogen-bond donors (Lipinski definition) is 2. The molecule has 1 saturated heterocycles. The third-order valence-electron chi connectivity index (χ3n) is 4.54. The van der Waals surface area contributed by atoms with Crippen LogP contribution in [-0.2, 0) is 9.59 Å². The number of nitrogens with zero attached hydrogens (tertiary/aromatic N) is 1. The average molecular weight is 269 g/mol. The lowest BCUT2D eigenvalue weighted by atomic mass is 9.78. The number of aliphatic hydroxyl groups excluding tert-OH is 1. The summed E-state index contributed by atoms with van der Waals surface area (Å²) in [6, 6.07) is 0. The van der Waals surface area contributed by atoms with Crippen LogP contribution in [0.15, 0.2) is 0 Å². The quantitative estimate of drug-likeness (QED) is 0.801. The van der Waals surface area contributed by atoms with E-state index in [0.29, 0.717) is 31.8 Å². The lowest BCUT2D eigenvalue weighted by molar-refractivity contribution is -0.152. The van der Waals surface area contributed by atoms with E-state index < -0.39 is 11.9 Å². The van der Waals surface area contributed by atoms with Crippen LogP contribution in [0.2, 0.25) is 0 Å². The fraction of sp³-hybridized carbons (Fsp3) is 0.857. The van der Waals surface area contributed by atoms with E-state index in [1.807, 2.05) is 4.90 Å². The molecule has 3 atom stereocenters. The van der Waals surface area contributed by atoms with Crippen LogP contribution in [0.4, 0.5) is 0 Å². The number of carboxylic acids is 1. The van der Waals surface area contributed by atoms with Crippen molar-refractivity contribution >= 4 is 11.9 Å². The molecule has 0 aromatic carbocycles. The van der Waals surface area contributed by atoms with Gasteiger partial charge in [-0.3, -0.25) is 9.59 Å². The van der Waals surface area contributed by atoms with E-state index in [1.54, 1.807) is 0 Å². The van der Waals surface area contributed by atoms with Crippen LogP contribution < -0.4 is 0 Å². The minimum atomic E-state index is -0.829. The minimum Gasteiger partial charge on any atom is -0.481 e. The summed E-state index contributed by atoms with van der Waals surface area (Å²) >= 11 is 0. The molecule has 2 rings (SSSR count). The van der Waals surface area contributed by atoms with E-state index >= 15 is 0 Å². The lowest BCUT2D eigenvalue weighted by Crippen LogP contribution is -2.41. The van der Waals surface area contributed by atoms with E-state index in [1.165, 1.54) is 0 Å². The minimum absolute atomic E-state index is 0.0209. The van der Waals surface area contributed by atoms with Crippen molar-refractivity contribution in [3.63, 3.8) is 0 Å². The Kier molecular flexibility index (Phi) is 4.80. The predicted molar refractivity (Wildman–Crippen MR) is 69.5 cm³/mol. The van der Waals surface area contributed by atoms with Crippen molar-refractivity contribution in [2.24, 2.45) is 17.8 Å². The Morgan fingerprint density at radius 3 is 2.42 bits per heavy atom. The van der Waals surface area contributed by atoms with Crippen molar-refractivity contribution in [3.05, 3.63) is 0 Å². The van der Waals surface area contributed by atoms with Gasteiger partial charge in [0.05, 0.1) is 11.8 Å². The van der Waals surface area contributed by atoms with Crippen molar-refractivity contribution in [2.45, 2.75) is 38.5 Å². The molecule has 1 aliphatic carbocycles. The monoisotopic (exact) mass is 269 g/mol. The summed E-state index contributed by atoms with van der Waals surface area (Å²) in [5.41, 5.74) is 0. The summed E-state index contributed by atoms with van der Waals surface area (Å²) in [6.45, 7) is 1.56. The summed E-state index contributed by atoms with van der Waals surface area (Å²) in [6.07, 6.45) is 4.85. The molecule has 5 nitrogen and oxygen atoms in total. The average Bonchev–Trinajstić information content (AvgIpc) is 2.87. The highest BCUT2D eigenvalue weighted by Crippen LogP contribution is 2.33. The van der Waals surface area contributed by atoms with Gasteiger partial charge in [0, 0.05) is 19.7 Å².